The van der Waals surface area contributed by atoms with Gasteiger partial charge in [0.25, 0.3) is 0 Å². The molecule has 0 aliphatic heterocycles. The summed E-state index contributed by atoms with van der Waals surface area (Å²) in [5.74, 6) is 0. The maximum Gasteiger partial charge on any atom is 0.350 e. The molecule has 136 valence electrons. The number of pyridine rings is 1. The normalized spacial score (nSPS) is 11.3. The van der Waals surface area contributed by atoms with E-state index in [0.717, 1.165) is 15.8 Å². The molecule has 2 N–H and O–H groups in total. The summed E-state index contributed by atoms with van der Waals surface area (Å²) < 4.78 is 15.2. The molecule has 3 aromatic rings. The summed E-state index contributed by atoms with van der Waals surface area (Å²) in [7, 11) is 0. The Labute approximate surface area is 160 Å². The highest BCUT2D eigenvalue weighted by Gasteiger charge is 2.09. The van der Waals surface area contributed by atoms with Gasteiger partial charge >= 0.3 is 5.69 Å². The molecule has 0 aliphatic rings. The number of hydrogen-bond donors (Lipinski definition) is 1. The monoisotopic (exact) mass is 395 g/mol. The first-order valence-corrected chi connectivity index (χ1v) is 7.85. The van der Waals surface area contributed by atoms with Crippen LogP contribution in [-0.4, -0.2) is 25.9 Å². The first kappa shape index (κ1) is 19.8. The Morgan fingerprint density at radius 3 is 2.73 bits per heavy atom. The second-order valence-electron chi connectivity index (χ2n) is 5.33. The molecule has 0 unspecified atom stereocenters. The Balaban J connectivity index is 0.00000243. The summed E-state index contributed by atoms with van der Waals surface area (Å²) in [6.45, 7) is 0.0362. The fraction of sp³-hybridized carbons (Fsp3) is 0.118. The first-order chi connectivity index (χ1) is 12.1. The lowest BCUT2D eigenvalue weighted by atomic mass is 10.1. The highest BCUT2D eigenvalue weighted by Crippen LogP contribution is 2.21. The fourth-order valence-electron chi connectivity index (χ4n) is 2.34. The zero-order chi connectivity index (χ0) is 17.8. The van der Waals surface area contributed by atoms with Crippen LogP contribution in [0.3, 0.4) is 0 Å². The minimum Gasteiger partial charge on any atom is -0.327 e. The van der Waals surface area contributed by atoms with E-state index in [9.17, 15) is 9.18 Å². The van der Waals surface area contributed by atoms with Crippen LogP contribution in [-0.2, 0) is 6.54 Å². The van der Waals surface area contributed by atoms with E-state index in [-0.39, 0.29) is 36.8 Å². The Morgan fingerprint density at radius 2 is 2.08 bits per heavy atom. The summed E-state index contributed by atoms with van der Waals surface area (Å²) in [6, 6.07) is 10.9. The molecular formula is C17H16Cl2FN5O. The molecule has 3 rings (SSSR count). The van der Waals surface area contributed by atoms with Crippen molar-refractivity contribution in [2.45, 2.75) is 6.54 Å². The van der Waals surface area contributed by atoms with E-state index in [4.69, 9.17) is 17.3 Å². The molecule has 0 atom stereocenters. The smallest absolute Gasteiger partial charge is 0.327 e. The zero-order valence-electron chi connectivity index (χ0n) is 13.5. The third-order valence-electron chi connectivity index (χ3n) is 3.69. The van der Waals surface area contributed by atoms with Crippen LogP contribution in [0.15, 0.2) is 65.6 Å². The second kappa shape index (κ2) is 8.75. The van der Waals surface area contributed by atoms with E-state index in [0.29, 0.717) is 17.2 Å². The number of benzene rings is 1. The predicted octanol–water partition coefficient (Wildman–Crippen LogP) is 2.98. The molecule has 0 aliphatic carbocycles. The van der Waals surface area contributed by atoms with E-state index in [1.165, 1.54) is 10.9 Å². The molecule has 0 fully saturated rings. The van der Waals surface area contributed by atoms with Crippen molar-refractivity contribution in [2.75, 3.05) is 6.54 Å². The van der Waals surface area contributed by atoms with Gasteiger partial charge in [0.05, 0.1) is 18.6 Å². The van der Waals surface area contributed by atoms with Crippen LogP contribution in [0.25, 0.3) is 16.8 Å². The lowest BCUT2D eigenvalue weighted by molar-refractivity contribution is 0.612. The molecule has 2 aromatic heterocycles. The minimum atomic E-state index is -0.376. The van der Waals surface area contributed by atoms with Crippen LogP contribution in [0.2, 0.25) is 5.15 Å². The fourth-order valence-corrected chi connectivity index (χ4v) is 2.45. The number of nitrogens with zero attached hydrogens (tertiary/aromatic N) is 4. The number of hydrogen-bond acceptors (Lipinski definition) is 4. The van der Waals surface area contributed by atoms with Crippen molar-refractivity contribution in [2.24, 2.45) is 5.73 Å². The standard InChI is InChI=1S/C17H15ClFN5O.ClH/c18-16-5-4-14(9-21-16)13-2-1-3-15(6-13)23-11-22-24(17(23)25)10-12(7-19)8-20;/h1-7,9,11H,8,10,20H2;1H/b12-7+;. The van der Waals surface area contributed by atoms with E-state index in [2.05, 4.69) is 10.1 Å². The first-order valence-electron chi connectivity index (χ1n) is 7.47. The van der Waals surface area contributed by atoms with Crippen LogP contribution in [0.1, 0.15) is 0 Å². The van der Waals surface area contributed by atoms with Crippen molar-refractivity contribution < 1.29 is 4.39 Å². The van der Waals surface area contributed by atoms with Crippen molar-refractivity contribution in [3.8, 4) is 16.8 Å². The Hall–Kier alpha value is -2.48. The average molecular weight is 396 g/mol. The number of aromatic nitrogens is 4. The molecule has 0 radical (unpaired) electrons. The molecule has 0 saturated heterocycles. The van der Waals surface area contributed by atoms with Gasteiger partial charge in [-0.3, -0.25) is 0 Å². The number of halogens is 3. The lowest BCUT2D eigenvalue weighted by Gasteiger charge is -2.05. The van der Waals surface area contributed by atoms with Crippen LogP contribution in [0.5, 0.6) is 0 Å². The third-order valence-corrected chi connectivity index (χ3v) is 3.91. The van der Waals surface area contributed by atoms with Crippen molar-refractivity contribution in [3.05, 3.63) is 76.5 Å². The number of rotatable bonds is 5. The second-order valence-corrected chi connectivity index (χ2v) is 5.72. The van der Waals surface area contributed by atoms with Crippen molar-refractivity contribution in [1.29, 1.82) is 0 Å². The Bertz CT molecular complexity index is 966. The van der Waals surface area contributed by atoms with Crippen molar-refractivity contribution in [3.63, 3.8) is 0 Å². The van der Waals surface area contributed by atoms with Crippen molar-refractivity contribution in [1.82, 2.24) is 19.3 Å². The molecular weight excluding hydrogens is 380 g/mol. The SMILES string of the molecule is Cl.NC/C(=C\F)Cn1ncn(-c2cccc(-c3ccc(Cl)nc3)c2)c1=O. The van der Waals surface area contributed by atoms with Crippen LogP contribution >= 0.6 is 24.0 Å². The van der Waals surface area contributed by atoms with Gasteiger partial charge in [-0.15, -0.1) is 12.4 Å². The topological polar surface area (TPSA) is 78.7 Å². The molecule has 9 heteroatoms. The highest BCUT2D eigenvalue weighted by molar-refractivity contribution is 6.29. The van der Waals surface area contributed by atoms with Crippen molar-refractivity contribution >= 4 is 24.0 Å². The van der Waals surface area contributed by atoms with Gasteiger partial charge in [-0.25, -0.2) is 23.4 Å². The van der Waals surface area contributed by atoms with Crippen LogP contribution in [0.4, 0.5) is 4.39 Å². The molecule has 26 heavy (non-hydrogen) atoms. The summed E-state index contributed by atoms with van der Waals surface area (Å²) in [6.07, 6.45) is 3.46. The largest absolute Gasteiger partial charge is 0.350 e. The summed E-state index contributed by atoms with van der Waals surface area (Å²) in [5, 5.41) is 4.43. The van der Waals surface area contributed by atoms with Gasteiger partial charge in [0.1, 0.15) is 11.5 Å². The van der Waals surface area contributed by atoms with E-state index < -0.39 is 0 Å². The predicted molar refractivity (Wildman–Crippen MR) is 102 cm³/mol. The average Bonchev–Trinajstić information content (AvgIpc) is 3.01. The Morgan fingerprint density at radius 1 is 1.27 bits per heavy atom. The van der Waals surface area contributed by atoms with Gasteiger partial charge in [0.2, 0.25) is 0 Å². The van der Waals surface area contributed by atoms with E-state index in [1.807, 2.05) is 24.3 Å². The Kier molecular flexibility index (Phi) is 6.68. The molecule has 0 saturated carbocycles. The summed E-state index contributed by atoms with van der Waals surface area (Å²) in [4.78, 5) is 16.5. The molecule has 2 heterocycles. The molecule has 1 aromatic carbocycles. The third kappa shape index (κ3) is 4.19. The van der Waals surface area contributed by atoms with E-state index in [1.54, 1.807) is 18.3 Å². The van der Waals surface area contributed by atoms with Gasteiger partial charge in [0.15, 0.2) is 0 Å². The molecule has 0 spiro atoms. The summed E-state index contributed by atoms with van der Waals surface area (Å²) in [5.41, 5.74) is 7.73. The quantitative estimate of drug-likeness (QED) is 0.673. The van der Waals surface area contributed by atoms with Crippen LogP contribution in [0, 0.1) is 0 Å². The van der Waals surface area contributed by atoms with Crippen LogP contribution < -0.4 is 11.4 Å². The maximum absolute atomic E-state index is 12.7. The van der Waals surface area contributed by atoms with Gasteiger partial charge < -0.3 is 5.73 Å². The molecule has 0 bridgehead atoms. The maximum atomic E-state index is 12.7. The van der Waals surface area contributed by atoms with E-state index >= 15 is 0 Å². The lowest BCUT2D eigenvalue weighted by Crippen LogP contribution is -2.25. The highest BCUT2D eigenvalue weighted by atomic mass is 35.5. The zero-order valence-corrected chi connectivity index (χ0v) is 15.1. The van der Waals surface area contributed by atoms with Gasteiger partial charge in [-0.05, 0) is 35.4 Å². The molecule has 6 nitrogen and oxygen atoms in total. The van der Waals surface area contributed by atoms with Gasteiger partial charge in [0, 0.05) is 18.3 Å². The minimum absolute atomic E-state index is 0. The molecule has 0 amide bonds. The number of nitrogens with two attached hydrogens (primary N) is 1. The summed E-state index contributed by atoms with van der Waals surface area (Å²) >= 11 is 5.81. The van der Waals surface area contributed by atoms with Gasteiger partial charge in [-0.2, -0.15) is 5.10 Å². The van der Waals surface area contributed by atoms with Gasteiger partial charge in [-0.1, -0.05) is 23.7 Å².